The lowest BCUT2D eigenvalue weighted by Crippen LogP contribution is -2.36. The molecule has 1 unspecified atom stereocenters. The molecule has 3 aliphatic rings. The highest BCUT2D eigenvalue weighted by molar-refractivity contribution is 5.81. The van der Waals surface area contributed by atoms with E-state index < -0.39 is 0 Å². The summed E-state index contributed by atoms with van der Waals surface area (Å²) in [6, 6.07) is 8.33. The molecule has 2 amide bonds. The molecule has 0 saturated carbocycles. The molecule has 44 heavy (non-hydrogen) atoms. The summed E-state index contributed by atoms with van der Waals surface area (Å²) < 4.78 is 12.9. The lowest BCUT2D eigenvalue weighted by molar-refractivity contribution is -0.200. The van der Waals surface area contributed by atoms with Gasteiger partial charge in [-0.15, -0.1) is 0 Å². The smallest absolute Gasteiger partial charge is 0.243 e. The molecule has 3 aliphatic heterocycles. The van der Waals surface area contributed by atoms with Gasteiger partial charge in [0, 0.05) is 82.0 Å². The summed E-state index contributed by atoms with van der Waals surface area (Å²) in [6.45, 7) is 5.11. The first-order valence-corrected chi connectivity index (χ1v) is 15.7. The number of benzene rings is 1. The van der Waals surface area contributed by atoms with E-state index in [1.807, 2.05) is 21.7 Å². The van der Waals surface area contributed by atoms with Crippen molar-refractivity contribution in [2.75, 3.05) is 56.2 Å². The highest BCUT2D eigenvalue weighted by atomic mass is 16.8. The zero-order valence-electron chi connectivity index (χ0n) is 25.1. The van der Waals surface area contributed by atoms with Gasteiger partial charge in [0.2, 0.25) is 11.8 Å². The predicted octanol–water partition coefficient (Wildman–Crippen LogP) is 4.06. The molecule has 0 spiro atoms. The minimum absolute atomic E-state index is 0.0882. The van der Waals surface area contributed by atoms with Crippen molar-refractivity contribution in [3.8, 4) is 0 Å². The Bertz CT molecular complexity index is 1440. The molecule has 2 N–H and O–H groups in total. The van der Waals surface area contributed by atoms with Gasteiger partial charge in [-0.05, 0) is 61.9 Å². The number of rotatable bonds is 11. The van der Waals surface area contributed by atoms with E-state index in [9.17, 15) is 9.59 Å². The van der Waals surface area contributed by atoms with Gasteiger partial charge in [-0.3, -0.25) is 9.59 Å². The molecule has 3 aromatic rings. The van der Waals surface area contributed by atoms with E-state index in [1.54, 1.807) is 6.20 Å². The molecule has 12 heteroatoms. The maximum absolute atomic E-state index is 13.1. The van der Waals surface area contributed by atoms with Gasteiger partial charge in [0.25, 0.3) is 0 Å². The molecule has 2 fully saturated rings. The molecule has 5 heterocycles. The fourth-order valence-corrected chi connectivity index (χ4v) is 5.73. The fourth-order valence-electron chi connectivity index (χ4n) is 5.73. The average molecular weight is 604 g/mol. The van der Waals surface area contributed by atoms with E-state index in [-0.39, 0.29) is 18.1 Å². The normalized spacial score (nSPS) is 19.1. The highest BCUT2D eigenvalue weighted by Gasteiger charge is 2.21. The van der Waals surface area contributed by atoms with Crippen LogP contribution >= 0.6 is 0 Å². The second-order valence-electron chi connectivity index (χ2n) is 11.4. The number of hydrogen-bond donors (Lipinski definition) is 2. The van der Waals surface area contributed by atoms with Gasteiger partial charge in [-0.2, -0.15) is 0 Å². The molecular weight excluding hydrogens is 562 g/mol. The molecule has 0 radical (unpaired) electrons. The van der Waals surface area contributed by atoms with Crippen LogP contribution in [-0.2, 0) is 23.9 Å². The Morgan fingerprint density at radius 3 is 2.68 bits per heavy atom. The number of carbonyl (C=O) groups is 2. The first kappa shape index (κ1) is 30.0. The minimum atomic E-state index is -0.362. The number of nitrogens with zero attached hydrogens (tertiary/aromatic N) is 5. The van der Waals surface area contributed by atoms with Crippen LogP contribution in [0, 0.1) is 0 Å². The van der Waals surface area contributed by atoms with Crippen LogP contribution in [0.15, 0.2) is 48.9 Å². The number of fused-ring (bicyclic) bond motifs is 1. The summed E-state index contributed by atoms with van der Waals surface area (Å²) in [6.07, 6.45) is 13.0. The summed E-state index contributed by atoms with van der Waals surface area (Å²) in [7, 11) is 0. The van der Waals surface area contributed by atoms with Crippen LogP contribution in [0.25, 0.3) is 11.2 Å². The number of carbonyl (C=O) groups excluding carboxylic acids is 2. The molecule has 1 atom stereocenters. The van der Waals surface area contributed by atoms with E-state index in [4.69, 9.17) is 19.3 Å². The van der Waals surface area contributed by atoms with Gasteiger partial charge in [0.05, 0.1) is 18.9 Å². The third-order valence-electron chi connectivity index (χ3n) is 8.20. The summed E-state index contributed by atoms with van der Waals surface area (Å²) in [4.78, 5) is 44.2. The Kier molecular flexibility index (Phi) is 10.0. The number of imidazole rings is 1. The lowest BCUT2D eigenvalue weighted by Gasteiger charge is -2.29. The summed E-state index contributed by atoms with van der Waals surface area (Å²) in [5.74, 6) is 0.562. The van der Waals surface area contributed by atoms with Crippen LogP contribution < -0.4 is 15.7 Å². The SMILES string of the molecule is O=C(CCCCC(=O)N1CCC=C(c2cn3ccnc3c(Nc3ccc(N4CCOCC4)cc3)n2)C1)NOC1CCCCO1. The predicted molar refractivity (Wildman–Crippen MR) is 166 cm³/mol. The number of aromatic nitrogens is 3. The van der Waals surface area contributed by atoms with Crippen molar-refractivity contribution in [2.24, 2.45) is 0 Å². The first-order chi connectivity index (χ1) is 21.6. The molecule has 2 aromatic heterocycles. The molecule has 1 aromatic carbocycles. The number of unbranched alkanes of at least 4 members (excludes halogenated alkanes) is 1. The van der Waals surface area contributed by atoms with Crippen molar-refractivity contribution in [1.82, 2.24) is 24.7 Å². The van der Waals surface area contributed by atoms with Gasteiger partial charge in [-0.1, -0.05) is 6.08 Å². The second kappa shape index (κ2) is 14.7. The molecule has 0 bridgehead atoms. The first-order valence-electron chi connectivity index (χ1n) is 15.7. The third kappa shape index (κ3) is 7.74. The standard InChI is InChI=1S/C32H41N7O5/c40-28(36-44-30-9-3-4-19-43-30)7-1-2-8-29(41)38-15-5-6-24(22-38)27-23-39-16-14-33-32(39)31(35-27)34-25-10-12-26(13-11-25)37-17-20-42-21-18-37/h6,10-14,16,23,30H,1-5,7-9,15,17-22H2,(H,34,35)(H,36,40). The number of hydroxylamine groups is 1. The summed E-state index contributed by atoms with van der Waals surface area (Å²) in [5, 5.41) is 3.45. The number of nitrogens with one attached hydrogen (secondary N) is 2. The number of amides is 2. The maximum atomic E-state index is 13.1. The van der Waals surface area contributed by atoms with Crippen LogP contribution in [-0.4, -0.2) is 83.4 Å². The van der Waals surface area contributed by atoms with E-state index in [0.717, 1.165) is 74.6 Å². The Morgan fingerprint density at radius 2 is 1.86 bits per heavy atom. The zero-order valence-corrected chi connectivity index (χ0v) is 25.1. The molecule has 6 rings (SSSR count). The van der Waals surface area contributed by atoms with Gasteiger partial charge in [-0.25, -0.2) is 20.3 Å². The van der Waals surface area contributed by atoms with Crippen molar-refractivity contribution in [3.05, 3.63) is 54.6 Å². The second-order valence-corrected chi connectivity index (χ2v) is 11.4. The Balaban J connectivity index is 1.02. The Labute approximate surface area is 257 Å². The van der Waals surface area contributed by atoms with Gasteiger partial charge < -0.3 is 29.0 Å². The maximum Gasteiger partial charge on any atom is 0.243 e. The molecular formula is C32H41N7O5. The number of anilines is 3. The summed E-state index contributed by atoms with van der Waals surface area (Å²) >= 11 is 0. The van der Waals surface area contributed by atoms with E-state index in [0.29, 0.717) is 51.2 Å². The molecule has 234 valence electrons. The molecule has 12 nitrogen and oxygen atoms in total. The topological polar surface area (TPSA) is 123 Å². The van der Waals surface area contributed by atoms with Crippen LogP contribution in [0.2, 0.25) is 0 Å². The van der Waals surface area contributed by atoms with Gasteiger partial charge in [0.15, 0.2) is 17.8 Å². The number of ether oxygens (including phenoxy) is 2. The number of morpholine rings is 1. The van der Waals surface area contributed by atoms with Crippen molar-refractivity contribution in [1.29, 1.82) is 0 Å². The van der Waals surface area contributed by atoms with Crippen molar-refractivity contribution in [2.45, 2.75) is 57.7 Å². The van der Waals surface area contributed by atoms with Gasteiger partial charge in [0.1, 0.15) is 0 Å². The third-order valence-corrected chi connectivity index (χ3v) is 8.20. The molecule has 2 saturated heterocycles. The Morgan fingerprint density at radius 1 is 1.02 bits per heavy atom. The van der Waals surface area contributed by atoms with E-state index in [1.165, 1.54) is 5.69 Å². The van der Waals surface area contributed by atoms with Crippen LogP contribution in [0.4, 0.5) is 17.2 Å². The largest absolute Gasteiger partial charge is 0.378 e. The van der Waals surface area contributed by atoms with Gasteiger partial charge >= 0.3 is 0 Å². The van der Waals surface area contributed by atoms with Crippen molar-refractivity contribution in [3.63, 3.8) is 0 Å². The zero-order chi connectivity index (χ0) is 30.1. The van der Waals surface area contributed by atoms with Crippen LogP contribution in [0.5, 0.6) is 0 Å². The molecule has 0 aliphatic carbocycles. The quantitative estimate of drug-likeness (QED) is 0.247. The van der Waals surface area contributed by atoms with E-state index >= 15 is 0 Å². The van der Waals surface area contributed by atoms with Crippen LogP contribution in [0.1, 0.15) is 57.1 Å². The van der Waals surface area contributed by atoms with Crippen LogP contribution in [0.3, 0.4) is 0 Å². The lowest BCUT2D eigenvalue weighted by atomic mass is 10.1. The summed E-state index contributed by atoms with van der Waals surface area (Å²) in [5.41, 5.74) is 7.12. The van der Waals surface area contributed by atoms with Crippen molar-refractivity contribution >= 4 is 40.2 Å². The average Bonchev–Trinajstić information content (AvgIpc) is 3.56. The van der Waals surface area contributed by atoms with Crippen molar-refractivity contribution < 1.29 is 23.9 Å². The number of hydrogen-bond acceptors (Lipinski definition) is 9. The van der Waals surface area contributed by atoms with E-state index in [2.05, 4.69) is 51.0 Å². The highest BCUT2D eigenvalue weighted by Crippen LogP contribution is 2.27. The Hall–Kier alpha value is -4.00. The minimum Gasteiger partial charge on any atom is -0.378 e. The monoisotopic (exact) mass is 603 g/mol. The fraction of sp³-hybridized carbons (Fsp3) is 0.500.